The van der Waals surface area contributed by atoms with Crippen LogP contribution in [0, 0.1) is 5.92 Å². The number of amides is 2. The molecule has 1 heterocycles. The van der Waals surface area contributed by atoms with E-state index in [4.69, 9.17) is 5.11 Å². The maximum absolute atomic E-state index is 12.2. The summed E-state index contributed by atoms with van der Waals surface area (Å²) in [5.41, 5.74) is 0. The Hall–Kier alpha value is -1.14. The first kappa shape index (κ1) is 15.3. The predicted molar refractivity (Wildman–Crippen MR) is 81.1 cm³/mol. The lowest BCUT2D eigenvalue weighted by molar-refractivity contribution is 0.139. The third kappa shape index (κ3) is 3.70. The van der Waals surface area contributed by atoms with Crippen LogP contribution in [-0.2, 0) is 6.42 Å². The average molecular weight is 297 g/mol. The van der Waals surface area contributed by atoms with Crippen LogP contribution in [0.5, 0.6) is 0 Å². The highest BCUT2D eigenvalue weighted by Crippen LogP contribution is 2.27. The summed E-state index contributed by atoms with van der Waals surface area (Å²) in [5.74, 6) is 0.411. The molecule has 5 nitrogen and oxygen atoms in total. The number of anilines is 1. The lowest BCUT2D eigenvalue weighted by Crippen LogP contribution is -2.42. The van der Waals surface area contributed by atoms with E-state index in [0.29, 0.717) is 11.0 Å². The molecule has 1 aliphatic carbocycles. The zero-order chi connectivity index (χ0) is 14.5. The predicted octanol–water partition coefficient (Wildman–Crippen LogP) is 2.72. The van der Waals surface area contributed by atoms with Crippen LogP contribution >= 0.6 is 11.3 Å². The van der Waals surface area contributed by atoms with Crippen LogP contribution < -0.4 is 5.32 Å². The maximum Gasteiger partial charge on any atom is 0.323 e. The Kier molecular flexibility index (Phi) is 5.37. The third-order valence-electron chi connectivity index (χ3n) is 4.06. The third-order valence-corrected chi connectivity index (χ3v) is 5.12. The maximum atomic E-state index is 12.2. The van der Waals surface area contributed by atoms with Crippen LogP contribution in [0.4, 0.5) is 9.93 Å². The van der Waals surface area contributed by atoms with Crippen molar-refractivity contribution in [2.24, 2.45) is 5.92 Å². The molecule has 20 heavy (non-hydrogen) atoms. The summed E-state index contributed by atoms with van der Waals surface area (Å²) in [7, 11) is 1.84. The zero-order valence-corrected chi connectivity index (χ0v) is 12.9. The molecule has 0 spiro atoms. The minimum absolute atomic E-state index is 0.0885. The van der Waals surface area contributed by atoms with Gasteiger partial charge in [0.15, 0.2) is 5.13 Å². The number of hydrogen-bond acceptors (Lipinski definition) is 4. The summed E-state index contributed by atoms with van der Waals surface area (Å²) in [6.45, 7) is 2.34. The van der Waals surface area contributed by atoms with E-state index in [0.717, 1.165) is 32.1 Å². The molecule has 0 atom stereocenters. The largest absolute Gasteiger partial charge is 0.396 e. The molecule has 0 aromatic carbocycles. The van der Waals surface area contributed by atoms with Crippen LogP contribution in [0.25, 0.3) is 0 Å². The van der Waals surface area contributed by atoms with E-state index >= 15 is 0 Å². The average Bonchev–Trinajstić information content (AvgIpc) is 2.94. The van der Waals surface area contributed by atoms with Gasteiger partial charge in [0.05, 0.1) is 0 Å². The molecule has 1 aromatic heterocycles. The van der Waals surface area contributed by atoms with Crippen LogP contribution in [0.2, 0.25) is 0 Å². The van der Waals surface area contributed by atoms with Gasteiger partial charge in [-0.05, 0) is 38.0 Å². The van der Waals surface area contributed by atoms with Crippen molar-refractivity contribution in [3.63, 3.8) is 0 Å². The second-order valence-electron chi connectivity index (χ2n) is 5.38. The summed E-state index contributed by atoms with van der Waals surface area (Å²) in [6, 6.07) is 0.179. The first-order chi connectivity index (χ1) is 9.63. The minimum atomic E-state index is -0.0885. The van der Waals surface area contributed by atoms with Gasteiger partial charge in [-0.1, -0.05) is 6.92 Å². The Bertz CT molecular complexity index is 441. The molecule has 0 saturated heterocycles. The molecule has 6 heteroatoms. The van der Waals surface area contributed by atoms with Crippen LogP contribution in [-0.4, -0.2) is 40.7 Å². The van der Waals surface area contributed by atoms with Crippen molar-refractivity contribution in [1.29, 1.82) is 0 Å². The molecule has 1 aliphatic rings. The monoisotopic (exact) mass is 297 g/mol. The second kappa shape index (κ2) is 7.04. The van der Waals surface area contributed by atoms with Crippen molar-refractivity contribution in [2.45, 2.75) is 45.1 Å². The van der Waals surface area contributed by atoms with E-state index in [9.17, 15) is 4.79 Å². The fraction of sp³-hybridized carbons (Fsp3) is 0.714. The molecular weight excluding hydrogens is 274 g/mol. The van der Waals surface area contributed by atoms with E-state index in [1.54, 1.807) is 4.90 Å². The van der Waals surface area contributed by atoms with Crippen LogP contribution in [0.1, 0.15) is 37.5 Å². The zero-order valence-electron chi connectivity index (χ0n) is 12.1. The number of aryl methyl sites for hydroxylation is 1. The number of nitrogens with zero attached hydrogens (tertiary/aromatic N) is 2. The lowest BCUT2D eigenvalue weighted by atomic mass is 9.86. The summed E-state index contributed by atoms with van der Waals surface area (Å²) in [6.07, 6.45) is 6.67. The Balaban J connectivity index is 1.85. The molecule has 0 radical (unpaired) electrons. The normalized spacial score (nSPS) is 22.6. The molecule has 112 valence electrons. The van der Waals surface area contributed by atoms with E-state index < -0.39 is 0 Å². The van der Waals surface area contributed by atoms with Gasteiger partial charge in [-0.25, -0.2) is 9.78 Å². The van der Waals surface area contributed by atoms with Gasteiger partial charge in [0.1, 0.15) is 0 Å². The van der Waals surface area contributed by atoms with E-state index in [-0.39, 0.29) is 18.7 Å². The summed E-state index contributed by atoms with van der Waals surface area (Å²) in [4.78, 5) is 19.4. The van der Waals surface area contributed by atoms with Gasteiger partial charge in [-0.3, -0.25) is 5.32 Å². The SMILES string of the molecule is CCc1cnc(NC(=O)N(C)C2CCC(CO)CC2)s1. The van der Waals surface area contributed by atoms with Crippen molar-refractivity contribution in [1.82, 2.24) is 9.88 Å². The summed E-state index contributed by atoms with van der Waals surface area (Å²) < 4.78 is 0. The number of urea groups is 1. The Morgan fingerprint density at radius 2 is 2.20 bits per heavy atom. The first-order valence-corrected chi connectivity index (χ1v) is 8.05. The molecule has 1 aromatic rings. The number of aromatic nitrogens is 1. The van der Waals surface area contributed by atoms with Gasteiger partial charge in [-0.15, -0.1) is 11.3 Å². The molecule has 2 amide bonds. The number of aliphatic hydroxyl groups is 1. The number of hydrogen-bond donors (Lipinski definition) is 2. The van der Waals surface area contributed by atoms with Crippen molar-refractivity contribution in [3.8, 4) is 0 Å². The van der Waals surface area contributed by atoms with Gasteiger partial charge in [0, 0.05) is 30.8 Å². The fourth-order valence-corrected chi connectivity index (χ4v) is 3.33. The van der Waals surface area contributed by atoms with Gasteiger partial charge >= 0.3 is 6.03 Å². The molecule has 0 aliphatic heterocycles. The number of thiazole rings is 1. The van der Waals surface area contributed by atoms with E-state index in [1.807, 2.05) is 13.2 Å². The number of nitrogens with one attached hydrogen (secondary N) is 1. The second-order valence-corrected chi connectivity index (χ2v) is 6.50. The number of carbonyl (C=O) groups is 1. The standard InChI is InChI=1S/C14H23N3O2S/c1-3-12-8-15-13(20-12)16-14(19)17(2)11-6-4-10(9-18)5-7-11/h8,10-11,18H,3-7,9H2,1-2H3,(H,15,16,19). The van der Waals surface area contributed by atoms with Crippen molar-refractivity contribution in [3.05, 3.63) is 11.1 Å². The van der Waals surface area contributed by atoms with E-state index in [1.165, 1.54) is 16.2 Å². The minimum Gasteiger partial charge on any atom is -0.396 e. The molecule has 1 fully saturated rings. The molecule has 2 rings (SSSR count). The van der Waals surface area contributed by atoms with Gasteiger partial charge in [0.25, 0.3) is 0 Å². The van der Waals surface area contributed by atoms with Crippen molar-refractivity contribution < 1.29 is 9.90 Å². The van der Waals surface area contributed by atoms with Gasteiger partial charge in [-0.2, -0.15) is 0 Å². The molecule has 1 saturated carbocycles. The highest BCUT2D eigenvalue weighted by molar-refractivity contribution is 7.15. The topological polar surface area (TPSA) is 65.5 Å². The lowest BCUT2D eigenvalue weighted by Gasteiger charge is -2.33. The summed E-state index contributed by atoms with van der Waals surface area (Å²) >= 11 is 1.53. The Labute approximate surface area is 124 Å². The molecule has 2 N–H and O–H groups in total. The quantitative estimate of drug-likeness (QED) is 0.898. The number of rotatable bonds is 4. The van der Waals surface area contributed by atoms with Crippen LogP contribution in [0.3, 0.4) is 0 Å². The van der Waals surface area contributed by atoms with E-state index in [2.05, 4.69) is 17.2 Å². The van der Waals surface area contributed by atoms with Crippen LogP contribution in [0.15, 0.2) is 6.20 Å². The number of aliphatic hydroxyl groups excluding tert-OH is 1. The smallest absolute Gasteiger partial charge is 0.323 e. The highest BCUT2D eigenvalue weighted by atomic mass is 32.1. The van der Waals surface area contributed by atoms with Crippen molar-refractivity contribution >= 4 is 22.5 Å². The highest BCUT2D eigenvalue weighted by Gasteiger charge is 2.26. The number of carbonyl (C=O) groups excluding carboxylic acids is 1. The van der Waals surface area contributed by atoms with Gasteiger partial charge < -0.3 is 10.0 Å². The fourth-order valence-electron chi connectivity index (χ4n) is 2.59. The molecular formula is C14H23N3O2S. The summed E-state index contributed by atoms with van der Waals surface area (Å²) in [5, 5.41) is 12.7. The first-order valence-electron chi connectivity index (χ1n) is 7.23. The van der Waals surface area contributed by atoms with Gasteiger partial charge in [0.2, 0.25) is 0 Å². The Morgan fingerprint density at radius 3 is 2.75 bits per heavy atom. The molecule has 0 unspecified atom stereocenters. The Morgan fingerprint density at radius 1 is 1.50 bits per heavy atom. The molecule has 0 bridgehead atoms. The van der Waals surface area contributed by atoms with Crippen molar-refractivity contribution in [2.75, 3.05) is 19.0 Å².